The lowest BCUT2D eigenvalue weighted by atomic mass is 10.1. The molecule has 2 amide bonds. The van der Waals surface area contributed by atoms with E-state index >= 15 is 0 Å². The van der Waals surface area contributed by atoms with Gasteiger partial charge in [0.25, 0.3) is 5.91 Å². The first-order valence-electron chi connectivity index (χ1n) is 11.9. The molecule has 1 saturated heterocycles. The second-order valence-corrected chi connectivity index (χ2v) is 9.31. The van der Waals surface area contributed by atoms with Crippen LogP contribution >= 0.6 is 12.2 Å². The van der Waals surface area contributed by atoms with Crippen molar-refractivity contribution in [2.75, 3.05) is 37.2 Å². The molecule has 2 aromatic rings. The van der Waals surface area contributed by atoms with Gasteiger partial charge in [0.15, 0.2) is 5.11 Å². The minimum atomic E-state index is -4.61. The van der Waals surface area contributed by atoms with E-state index in [-0.39, 0.29) is 23.8 Å². The molecule has 0 spiro atoms. The molecular formula is C25H31F3N6O2S. The van der Waals surface area contributed by atoms with E-state index in [0.29, 0.717) is 24.3 Å². The molecule has 1 fully saturated rings. The predicted octanol–water partition coefficient (Wildman–Crippen LogP) is 3.02. The Kier molecular flexibility index (Phi) is 9.33. The summed E-state index contributed by atoms with van der Waals surface area (Å²) in [5.41, 5.74) is 7.35. The van der Waals surface area contributed by atoms with Crippen LogP contribution in [0.2, 0.25) is 0 Å². The number of alkyl halides is 3. The quantitative estimate of drug-likeness (QED) is 0.261. The van der Waals surface area contributed by atoms with E-state index in [1.54, 1.807) is 0 Å². The zero-order valence-corrected chi connectivity index (χ0v) is 21.5. The Balaban J connectivity index is 1.49. The van der Waals surface area contributed by atoms with E-state index < -0.39 is 23.6 Å². The van der Waals surface area contributed by atoms with Crippen LogP contribution in [-0.4, -0.2) is 54.0 Å². The van der Waals surface area contributed by atoms with E-state index in [1.165, 1.54) is 0 Å². The van der Waals surface area contributed by atoms with Crippen LogP contribution in [0, 0.1) is 6.92 Å². The summed E-state index contributed by atoms with van der Waals surface area (Å²) in [5, 5.41) is 12.1. The number of nitrogens with one attached hydrogen (secondary N) is 4. The topological polar surface area (TPSA) is 112 Å². The van der Waals surface area contributed by atoms with Crippen molar-refractivity contribution in [2.24, 2.45) is 0 Å². The van der Waals surface area contributed by atoms with Gasteiger partial charge in [-0.15, -0.1) is 0 Å². The third-order valence-electron chi connectivity index (χ3n) is 5.97. The van der Waals surface area contributed by atoms with Gasteiger partial charge in [-0.25, -0.2) is 0 Å². The molecule has 0 aliphatic carbocycles. The van der Waals surface area contributed by atoms with Gasteiger partial charge in [0.2, 0.25) is 5.91 Å². The summed E-state index contributed by atoms with van der Waals surface area (Å²) < 4.78 is 38.8. The van der Waals surface area contributed by atoms with Gasteiger partial charge in [0, 0.05) is 43.6 Å². The standard InChI is InChI=1S/C25H31F3N6O2S/c1-3-30-24(37)33-21-10-16(5-4-15(21)2)13-34-9-8-18(14-34)32-22(35)12-31-23(36)19-11-17(25(26,27)28)6-7-20(19)29/h4-7,10-11,18H,3,8-9,12-14,29H2,1-2H3,(H,31,36)(H,32,35)(H2,30,33,37)/t18-/m0/s1. The summed E-state index contributed by atoms with van der Waals surface area (Å²) in [6, 6.07) is 8.54. The SMILES string of the molecule is CCNC(=S)Nc1cc(CN2CC[C@H](NC(=O)CNC(=O)c3cc(C(F)(F)F)ccc3N)C2)ccc1C. The highest BCUT2D eigenvalue weighted by molar-refractivity contribution is 7.80. The molecule has 1 atom stereocenters. The molecule has 0 aromatic heterocycles. The zero-order chi connectivity index (χ0) is 27.2. The second-order valence-electron chi connectivity index (χ2n) is 8.90. The van der Waals surface area contributed by atoms with Crippen LogP contribution in [0.15, 0.2) is 36.4 Å². The van der Waals surface area contributed by atoms with E-state index in [0.717, 1.165) is 48.5 Å². The largest absolute Gasteiger partial charge is 0.416 e. The van der Waals surface area contributed by atoms with E-state index in [2.05, 4.69) is 38.3 Å². The van der Waals surface area contributed by atoms with Gasteiger partial charge in [0.1, 0.15) is 0 Å². The average Bonchev–Trinajstić information content (AvgIpc) is 3.25. The van der Waals surface area contributed by atoms with Crippen LogP contribution in [0.4, 0.5) is 24.5 Å². The smallest absolute Gasteiger partial charge is 0.398 e. The molecule has 0 bridgehead atoms. The third-order valence-corrected chi connectivity index (χ3v) is 6.21. The van der Waals surface area contributed by atoms with Gasteiger partial charge in [0.05, 0.1) is 17.7 Å². The van der Waals surface area contributed by atoms with Crippen LogP contribution < -0.4 is 27.0 Å². The maximum Gasteiger partial charge on any atom is 0.416 e. The second kappa shape index (κ2) is 12.2. The number of carbonyl (C=O) groups is 2. The molecule has 1 aliphatic heterocycles. The van der Waals surface area contributed by atoms with E-state index in [9.17, 15) is 22.8 Å². The number of nitrogen functional groups attached to an aromatic ring is 1. The van der Waals surface area contributed by atoms with Gasteiger partial charge < -0.3 is 27.0 Å². The number of thiocarbonyl (C=S) groups is 1. The molecule has 1 heterocycles. The number of rotatable bonds is 8. The number of benzene rings is 2. The predicted molar refractivity (Wildman–Crippen MR) is 141 cm³/mol. The highest BCUT2D eigenvalue weighted by atomic mass is 32.1. The Morgan fingerprint density at radius 3 is 2.62 bits per heavy atom. The van der Waals surface area contributed by atoms with Crippen molar-refractivity contribution in [2.45, 2.75) is 39.0 Å². The summed E-state index contributed by atoms with van der Waals surface area (Å²) in [4.78, 5) is 26.9. The number of halogens is 3. The molecule has 1 aliphatic rings. The molecule has 8 nitrogen and oxygen atoms in total. The van der Waals surface area contributed by atoms with Crippen molar-refractivity contribution in [3.8, 4) is 0 Å². The molecular weight excluding hydrogens is 505 g/mol. The Hall–Kier alpha value is -3.38. The van der Waals surface area contributed by atoms with Crippen LogP contribution in [0.3, 0.4) is 0 Å². The highest BCUT2D eigenvalue weighted by Gasteiger charge is 2.31. The maximum atomic E-state index is 12.9. The van der Waals surface area contributed by atoms with Gasteiger partial charge in [-0.05, 0) is 67.9 Å². The van der Waals surface area contributed by atoms with Crippen molar-refractivity contribution >= 4 is 40.5 Å². The first-order valence-corrected chi connectivity index (χ1v) is 12.3. The van der Waals surface area contributed by atoms with Crippen molar-refractivity contribution < 1.29 is 22.8 Å². The zero-order valence-electron chi connectivity index (χ0n) is 20.7. The molecule has 0 radical (unpaired) electrons. The highest BCUT2D eigenvalue weighted by Crippen LogP contribution is 2.31. The number of amides is 2. The third kappa shape index (κ3) is 8.05. The maximum absolute atomic E-state index is 12.9. The molecule has 12 heteroatoms. The summed E-state index contributed by atoms with van der Waals surface area (Å²) in [5.74, 6) is -1.27. The first kappa shape index (κ1) is 28.2. The van der Waals surface area contributed by atoms with Gasteiger partial charge in [-0.1, -0.05) is 12.1 Å². The molecule has 0 unspecified atom stereocenters. The normalized spacial score (nSPS) is 15.8. The van der Waals surface area contributed by atoms with Crippen molar-refractivity contribution in [1.29, 1.82) is 0 Å². The van der Waals surface area contributed by atoms with Crippen molar-refractivity contribution in [1.82, 2.24) is 20.9 Å². The number of anilines is 2. The van der Waals surface area contributed by atoms with Crippen molar-refractivity contribution in [3.63, 3.8) is 0 Å². The fraction of sp³-hybridized carbons (Fsp3) is 0.400. The molecule has 37 heavy (non-hydrogen) atoms. The number of aryl methyl sites for hydroxylation is 1. The molecule has 2 aromatic carbocycles. The Morgan fingerprint density at radius 1 is 1.16 bits per heavy atom. The monoisotopic (exact) mass is 536 g/mol. The summed E-state index contributed by atoms with van der Waals surface area (Å²) >= 11 is 5.28. The summed E-state index contributed by atoms with van der Waals surface area (Å²) in [6.07, 6.45) is -3.87. The van der Waals surface area contributed by atoms with Gasteiger partial charge >= 0.3 is 6.18 Å². The lowest BCUT2D eigenvalue weighted by Crippen LogP contribution is -2.43. The fourth-order valence-electron chi connectivity index (χ4n) is 4.05. The number of hydrogen-bond acceptors (Lipinski definition) is 5. The lowest BCUT2D eigenvalue weighted by molar-refractivity contribution is -0.137. The number of hydrogen-bond donors (Lipinski definition) is 5. The number of carbonyl (C=O) groups excluding carboxylic acids is 2. The van der Waals surface area contributed by atoms with Gasteiger partial charge in [-0.3, -0.25) is 14.5 Å². The summed E-state index contributed by atoms with van der Waals surface area (Å²) in [7, 11) is 0. The fourth-order valence-corrected chi connectivity index (χ4v) is 4.30. The van der Waals surface area contributed by atoms with Crippen LogP contribution in [0.5, 0.6) is 0 Å². The number of nitrogens with two attached hydrogens (primary N) is 1. The van der Waals surface area contributed by atoms with Crippen LogP contribution in [0.25, 0.3) is 0 Å². The lowest BCUT2D eigenvalue weighted by Gasteiger charge is -2.18. The van der Waals surface area contributed by atoms with E-state index in [1.807, 2.05) is 19.9 Å². The molecule has 200 valence electrons. The summed E-state index contributed by atoms with van der Waals surface area (Å²) in [6.45, 7) is 6.44. The average molecular weight is 537 g/mol. The minimum Gasteiger partial charge on any atom is -0.398 e. The Labute approximate surface area is 219 Å². The molecule has 6 N–H and O–H groups in total. The number of nitrogens with zero attached hydrogens (tertiary/aromatic N) is 1. The number of likely N-dealkylation sites (tertiary alicyclic amines) is 1. The van der Waals surface area contributed by atoms with Crippen LogP contribution in [-0.2, 0) is 17.5 Å². The van der Waals surface area contributed by atoms with Crippen molar-refractivity contribution in [3.05, 3.63) is 58.7 Å². The van der Waals surface area contributed by atoms with Crippen LogP contribution in [0.1, 0.15) is 40.4 Å². The Morgan fingerprint density at radius 2 is 1.92 bits per heavy atom. The molecule has 3 rings (SSSR count). The van der Waals surface area contributed by atoms with E-state index in [4.69, 9.17) is 18.0 Å². The Bertz CT molecular complexity index is 1160. The molecule has 0 saturated carbocycles. The van der Waals surface area contributed by atoms with Gasteiger partial charge in [-0.2, -0.15) is 13.2 Å². The minimum absolute atomic E-state index is 0.102. The first-order chi connectivity index (χ1) is 17.5.